The van der Waals surface area contributed by atoms with Crippen molar-refractivity contribution in [2.45, 2.75) is 44.7 Å². The first kappa shape index (κ1) is 19.7. The van der Waals surface area contributed by atoms with Gasteiger partial charge in [-0.3, -0.25) is 10.1 Å². The van der Waals surface area contributed by atoms with Crippen molar-refractivity contribution in [2.75, 3.05) is 11.9 Å². The lowest BCUT2D eigenvalue weighted by Gasteiger charge is -2.25. The summed E-state index contributed by atoms with van der Waals surface area (Å²) in [6, 6.07) is 9.54. The molecule has 0 bridgehead atoms. The predicted octanol–water partition coefficient (Wildman–Crippen LogP) is 2.99. The van der Waals surface area contributed by atoms with E-state index in [1.807, 2.05) is 30.3 Å². The molecule has 3 aromatic rings. The number of rotatable bonds is 4. The number of carbonyl (C=O) groups excluding carboxylic acids is 2. The van der Waals surface area contributed by atoms with E-state index < -0.39 is 0 Å². The molecule has 9 nitrogen and oxygen atoms in total. The smallest absolute Gasteiger partial charge is 0.321 e. The van der Waals surface area contributed by atoms with Crippen LogP contribution in [0.4, 0.5) is 9.93 Å². The van der Waals surface area contributed by atoms with Gasteiger partial charge < -0.3 is 10.2 Å². The number of hydrogen-bond donors (Lipinski definition) is 2. The van der Waals surface area contributed by atoms with Gasteiger partial charge in [0.25, 0.3) is 5.91 Å². The first-order chi connectivity index (χ1) is 15.2. The van der Waals surface area contributed by atoms with Crippen LogP contribution in [0.1, 0.15) is 46.7 Å². The molecule has 3 amide bonds. The summed E-state index contributed by atoms with van der Waals surface area (Å²) in [5.74, 6) is -0.158. The van der Waals surface area contributed by atoms with Gasteiger partial charge in [0, 0.05) is 23.9 Å². The fourth-order valence-corrected chi connectivity index (χ4v) is 5.04. The molecule has 2 aliphatic rings. The SMILES string of the molecule is O=C(Nc1nc2c(s1)CN(C(=O)c1cnn(-c3ccccc3)n1)CC2)NC1CCCC1. The number of carbonyl (C=O) groups is 2. The van der Waals surface area contributed by atoms with Crippen molar-refractivity contribution < 1.29 is 9.59 Å². The average Bonchev–Trinajstić information content (AvgIpc) is 3.54. The second-order valence-electron chi connectivity index (χ2n) is 7.80. The summed E-state index contributed by atoms with van der Waals surface area (Å²) in [7, 11) is 0. The highest BCUT2D eigenvalue weighted by Gasteiger charge is 2.27. The molecule has 1 aromatic carbocycles. The molecule has 160 valence electrons. The molecule has 0 spiro atoms. The topological polar surface area (TPSA) is 105 Å². The Hall–Kier alpha value is -3.27. The summed E-state index contributed by atoms with van der Waals surface area (Å²) < 4.78 is 0. The molecule has 31 heavy (non-hydrogen) atoms. The molecule has 0 unspecified atom stereocenters. The normalized spacial score (nSPS) is 16.2. The number of amides is 3. The number of para-hydroxylation sites is 1. The van der Waals surface area contributed by atoms with Crippen LogP contribution in [0.15, 0.2) is 36.5 Å². The Labute approximate surface area is 183 Å². The lowest BCUT2D eigenvalue weighted by molar-refractivity contribution is 0.0729. The van der Waals surface area contributed by atoms with Crippen LogP contribution in [-0.2, 0) is 13.0 Å². The molecule has 0 radical (unpaired) electrons. The standard InChI is InChI=1S/C21H23N7O2S/c29-19(17-12-22-28(26-17)15-8-2-1-3-9-15)27-11-10-16-18(13-27)31-21(24-16)25-20(30)23-14-6-4-5-7-14/h1-3,8-9,12,14H,4-7,10-11,13H2,(H2,23,24,25,30). The molecular weight excluding hydrogens is 414 g/mol. The molecular formula is C21H23N7O2S. The number of thiazole rings is 1. The number of benzene rings is 1. The highest BCUT2D eigenvalue weighted by molar-refractivity contribution is 7.15. The number of urea groups is 1. The van der Waals surface area contributed by atoms with Crippen molar-refractivity contribution in [3.8, 4) is 5.69 Å². The molecule has 1 aliphatic carbocycles. The van der Waals surface area contributed by atoms with E-state index >= 15 is 0 Å². The van der Waals surface area contributed by atoms with E-state index in [1.54, 1.807) is 4.90 Å². The molecule has 1 aliphatic heterocycles. The minimum Gasteiger partial charge on any atom is -0.335 e. The molecule has 0 saturated heterocycles. The molecule has 3 heterocycles. The summed E-state index contributed by atoms with van der Waals surface area (Å²) in [6.07, 6.45) is 6.55. The van der Waals surface area contributed by atoms with Crippen LogP contribution in [0.2, 0.25) is 0 Å². The maximum Gasteiger partial charge on any atom is 0.321 e. The number of nitrogens with zero attached hydrogens (tertiary/aromatic N) is 5. The van der Waals surface area contributed by atoms with Gasteiger partial charge in [0.05, 0.1) is 24.1 Å². The van der Waals surface area contributed by atoms with E-state index in [0.29, 0.717) is 30.3 Å². The minimum atomic E-state index is -0.205. The summed E-state index contributed by atoms with van der Waals surface area (Å²) in [4.78, 5) is 33.9. The number of nitrogens with one attached hydrogen (secondary N) is 2. The van der Waals surface area contributed by atoms with Crippen molar-refractivity contribution >= 4 is 28.4 Å². The third-order valence-electron chi connectivity index (χ3n) is 5.63. The van der Waals surface area contributed by atoms with E-state index in [-0.39, 0.29) is 18.0 Å². The van der Waals surface area contributed by atoms with Gasteiger partial charge in [-0.25, -0.2) is 9.78 Å². The minimum absolute atomic E-state index is 0.158. The van der Waals surface area contributed by atoms with Crippen LogP contribution < -0.4 is 10.6 Å². The molecule has 2 aromatic heterocycles. The van der Waals surface area contributed by atoms with E-state index in [2.05, 4.69) is 25.8 Å². The van der Waals surface area contributed by atoms with Crippen molar-refractivity contribution in [3.05, 3.63) is 52.8 Å². The van der Waals surface area contributed by atoms with E-state index in [0.717, 1.165) is 29.1 Å². The Morgan fingerprint density at radius 1 is 1.13 bits per heavy atom. The van der Waals surface area contributed by atoms with Crippen LogP contribution in [0.3, 0.4) is 0 Å². The van der Waals surface area contributed by atoms with Crippen molar-refractivity contribution in [1.82, 2.24) is 30.2 Å². The third kappa shape index (κ3) is 4.29. The lowest BCUT2D eigenvalue weighted by atomic mass is 10.1. The highest BCUT2D eigenvalue weighted by atomic mass is 32.1. The van der Waals surface area contributed by atoms with Gasteiger partial charge >= 0.3 is 6.03 Å². The van der Waals surface area contributed by atoms with Gasteiger partial charge in [-0.05, 0) is 25.0 Å². The van der Waals surface area contributed by atoms with E-state index in [9.17, 15) is 9.59 Å². The number of hydrogen-bond acceptors (Lipinski definition) is 6. The zero-order valence-corrected chi connectivity index (χ0v) is 17.8. The second kappa shape index (κ2) is 8.46. The Morgan fingerprint density at radius 2 is 1.94 bits per heavy atom. The maximum absolute atomic E-state index is 12.9. The van der Waals surface area contributed by atoms with Gasteiger partial charge in [-0.15, -0.1) is 5.10 Å². The zero-order chi connectivity index (χ0) is 21.2. The Kier molecular flexibility index (Phi) is 5.37. The first-order valence-corrected chi connectivity index (χ1v) is 11.3. The van der Waals surface area contributed by atoms with Crippen LogP contribution >= 0.6 is 11.3 Å². The highest BCUT2D eigenvalue weighted by Crippen LogP contribution is 2.29. The van der Waals surface area contributed by atoms with Crippen LogP contribution in [0.25, 0.3) is 5.69 Å². The van der Waals surface area contributed by atoms with Gasteiger partial charge in [0.1, 0.15) is 0 Å². The largest absolute Gasteiger partial charge is 0.335 e. The number of aromatic nitrogens is 4. The first-order valence-electron chi connectivity index (χ1n) is 10.5. The quantitative estimate of drug-likeness (QED) is 0.653. The third-order valence-corrected chi connectivity index (χ3v) is 6.63. The fraction of sp³-hybridized carbons (Fsp3) is 0.381. The molecule has 5 rings (SSSR count). The van der Waals surface area contributed by atoms with Gasteiger partial charge in [-0.2, -0.15) is 9.90 Å². The molecule has 0 atom stereocenters. The number of fused-ring (bicyclic) bond motifs is 1. The van der Waals surface area contributed by atoms with E-state index in [1.165, 1.54) is 35.2 Å². The Bertz CT molecular complexity index is 1090. The van der Waals surface area contributed by atoms with Crippen molar-refractivity contribution in [2.24, 2.45) is 0 Å². The molecule has 1 fully saturated rings. The van der Waals surface area contributed by atoms with Crippen molar-refractivity contribution in [1.29, 1.82) is 0 Å². The second-order valence-corrected chi connectivity index (χ2v) is 8.88. The Balaban J connectivity index is 1.23. The van der Waals surface area contributed by atoms with Crippen LogP contribution in [0, 0.1) is 0 Å². The monoisotopic (exact) mass is 437 g/mol. The van der Waals surface area contributed by atoms with Crippen LogP contribution in [-0.4, -0.2) is 49.4 Å². The maximum atomic E-state index is 12.9. The molecule has 2 N–H and O–H groups in total. The summed E-state index contributed by atoms with van der Waals surface area (Å²) >= 11 is 1.42. The number of anilines is 1. The summed E-state index contributed by atoms with van der Waals surface area (Å²) in [5, 5.41) is 15.0. The lowest BCUT2D eigenvalue weighted by Crippen LogP contribution is -2.36. The molecule has 10 heteroatoms. The van der Waals surface area contributed by atoms with Gasteiger partial charge in [0.15, 0.2) is 10.8 Å². The molecule has 1 saturated carbocycles. The van der Waals surface area contributed by atoms with Gasteiger partial charge in [-0.1, -0.05) is 42.4 Å². The summed E-state index contributed by atoms with van der Waals surface area (Å²) in [5.41, 5.74) is 2.06. The fourth-order valence-electron chi connectivity index (χ4n) is 4.02. The van der Waals surface area contributed by atoms with Crippen molar-refractivity contribution in [3.63, 3.8) is 0 Å². The van der Waals surface area contributed by atoms with Crippen LogP contribution in [0.5, 0.6) is 0 Å². The summed E-state index contributed by atoms with van der Waals surface area (Å²) in [6.45, 7) is 1.01. The zero-order valence-electron chi connectivity index (χ0n) is 17.0. The Morgan fingerprint density at radius 3 is 2.74 bits per heavy atom. The van der Waals surface area contributed by atoms with E-state index in [4.69, 9.17) is 0 Å². The predicted molar refractivity (Wildman–Crippen MR) is 116 cm³/mol. The van der Waals surface area contributed by atoms with Gasteiger partial charge in [0.2, 0.25) is 0 Å². The average molecular weight is 438 g/mol.